The molecule has 1 amide bonds. The minimum absolute atomic E-state index is 0. The lowest BCUT2D eigenvalue weighted by atomic mass is 9.96. The van der Waals surface area contributed by atoms with E-state index in [0.717, 1.165) is 26.2 Å². The highest BCUT2D eigenvalue weighted by Crippen LogP contribution is 2.29. The number of rotatable bonds is 5. The molecule has 0 aromatic heterocycles. The van der Waals surface area contributed by atoms with Crippen LogP contribution in [0.1, 0.15) is 23.6 Å². The molecule has 25 heavy (non-hydrogen) atoms. The molecule has 2 aromatic carbocycles. The molecule has 3 rings (SSSR count). The Labute approximate surface area is 156 Å². The second kappa shape index (κ2) is 9.56. The average molecular weight is 360 g/mol. The Balaban J connectivity index is 0.00000225. The Bertz CT molecular complexity index is 603. The maximum atomic E-state index is 12.0. The third kappa shape index (κ3) is 4.82. The van der Waals surface area contributed by atoms with Crippen LogP contribution in [0.3, 0.4) is 0 Å². The first-order valence-electron chi connectivity index (χ1n) is 8.61. The van der Waals surface area contributed by atoms with Crippen LogP contribution in [0.5, 0.6) is 0 Å². The first kappa shape index (κ1) is 19.4. The predicted molar refractivity (Wildman–Crippen MR) is 104 cm³/mol. The summed E-state index contributed by atoms with van der Waals surface area (Å²) in [5.74, 6) is 0.174. The number of piperazine rings is 1. The fraction of sp³-hybridized carbons (Fsp3) is 0.350. The summed E-state index contributed by atoms with van der Waals surface area (Å²) in [6.07, 6.45) is 0.445. The highest BCUT2D eigenvalue weighted by Gasteiger charge is 2.27. The monoisotopic (exact) mass is 359 g/mol. The maximum Gasteiger partial charge on any atom is 0.223 e. The Morgan fingerprint density at radius 2 is 1.36 bits per heavy atom. The minimum atomic E-state index is 0. The van der Waals surface area contributed by atoms with E-state index in [1.165, 1.54) is 11.1 Å². The Morgan fingerprint density at radius 1 is 0.880 bits per heavy atom. The zero-order valence-corrected chi connectivity index (χ0v) is 15.2. The van der Waals surface area contributed by atoms with Crippen LogP contribution in [-0.4, -0.2) is 48.4 Å². The molecular formula is C20H26ClN3O. The van der Waals surface area contributed by atoms with Crippen molar-refractivity contribution in [2.45, 2.75) is 12.5 Å². The summed E-state index contributed by atoms with van der Waals surface area (Å²) in [6, 6.07) is 21.4. The van der Waals surface area contributed by atoms with Gasteiger partial charge in [-0.2, -0.15) is 0 Å². The molecule has 0 aliphatic carbocycles. The summed E-state index contributed by atoms with van der Waals surface area (Å²) >= 11 is 0. The molecule has 2 aromatic rings. The number of hydrogen-bond acceptors (Lipinski definition) is 3. The molecule has 0 saturated carbocycles. The smallest absolute Gasteiger partial charge is 0.223 e. The Kier molecular flexibility index (Phi) is 7.44. The second-order valence-corrected chi connectivity index (χ2v) is 6.18. The molecule has 0 radical (unpaired) electrons. The van der Waals surface area contributed by atoms with Gasteiger partial charge in [0.1, 0.15) is 0 Å². The molecular weight excluding hydrogens is 334 g/mol. The normalized spacial score (nSPS) is 15.0. The Morgan fingerprint density at radius 3 is 1.80 bits per heavy atom. The largest absolute Gasteiger partial charge is 0.340 e. The van der Waals surface area contributed by atoms with Gasteiger partial charge in [0.05, 0.1) is 6.04 Å². The summed E-state index contributed by atoms with van der Waals surface area (Å²) < 4.78 is 0. The number of carbonyl (C=O) groups is 1. The van der Waals surface area contributed by atoms with Gasteiger partial charge in [-0.1, -0.05) is 60.7 Å². The number of nitrogens with two attached hydrogens (primary N) is 1. The standard InChI is InChI=1S/C20H25N3O.ClH/c21-12-11-19(24)22-13-15-23(16-14-22)20(17-7-3-1-4-8-17)18-9-5-2-6-10-18;/h1-10,20H,11-16,21H2;1H. The fourth-order valence-electron chi connectivity index (χ4n) is 3.40. The quantitative estimate of drug-likeness (QED) is 0.893. The van der Waals surface area contributed by atoms with E-state index in [4.69, 9.17) is 5.73 Å². The van der Waals surface area contributed by atoms with Gasteiger partial charge < -0.3 is 10.6 Å². The summed E-state index contributed by atoms with van der Waals surface area (Å²) in [6.45, 7) is 3.73. The van der Waals surface area contributed by atoms with Crippen LogP contribution in [0.15, 0.2) is 60.7 Å². The van der Waals surface area contributed by atoms with Crippen molar-refractivity contribution >= 4 is 18.3 Å². The third-order valence-electron chi connectivity index (χ3n) is 4.62. The summed E-state index contributed by atoms with van der Waals surface area (Å²) in [4.78, 5) is 16.5. The van der Waals surface area contributed by atoms with Gasteiger partial charge in [-0.05, 0) is 11.1 Å². The van der Waals surface area contributed by atoms with Crippen LogP contribution in [0.2, 0.25) is 0 Å². The van der Waals surface area contributed by atoms with Crippen LogP contribution in [-0.2, 0) is 4.79 Å². The highest BCUT2D eigenvalue weighted by atomic mass is 35.5. The SMILES string of the molecule is Cl.NCCC(=O)N1CCN(C(c2ccccc2)c2ccccc2)CC1. The number of amides is 1. The fourth-order valence-corrected chi connectivity index (χ4v) is 3.40. The van der Waals surface area contributed by atoms with Gasteiger partial charge in [0.2, 0.25) is 5.91 Å². The highest BCUT2D eigenvalue weighted by molar-refractivity contribution is 5.85. The molecule has 1 aliphatic heterocycles. The van der Waals surface area contributed by atoms with Gasteiger partial charge in [0, 0.05) is 39.1 Å². The van der Waals surface area contributed by atoms with E-state index in [9.17, 15) is 4.79 Å². The van der Waals surface area contributed by atoms with Crippen molar-refractivity contribution < 1.29 is 4.79 Å². The van der Waals surface area contributed by atoms with Gasteiger partial charge in [-0.25, -0.2) is 0 Å². The van der Waals surface area contributed by atoms with E-state index in [1.807, 2.05) is 4.90 Å². The van der Waals surface area contributed by atoms with Crippen molar-refractivity contribution in [1.82, 2.24) is 9.80 Å². The third-order valence-corrected chi connectivity index (χ3v) is 4.62. The molecule has 0 spiro atoms. The molecule has 2 N–H and O–H groups in total. The van der Waals surface area contributed by atoms with Crippen LogP contribution >= 0.6 is 12.4 Å². The molecule has 5 heteroatoms. The number of hydrogen-bond donors (Lipinski definition) is 1. The molecule has 1 heterocycles. The van der Waals surface area contributed by atoms with Crippen molar-refractivity contribution in [3.8, 4) is 0 Å². The Hall–Kier alpha value is -1.88. The van der Waals surface area contributed by atoms with Crippen LogP contribution < -0.4 is 5.73 Å². The summed E-state index contributed by atoms with van der Waals surface area (Å²) in [5, 5.41) is 0. The van der Waals surface area contributed by atoms with E-state index in [1.54, 1.807) is 0 Å². The summed E-state index contributed by atoms with van der Waals surface area (Å²) in [7, 11) is 0. The first-order chi connectivity index (χ1) is 11.8. The number of benzene rings is 2. The average Bonchev–Trinajstić information content (AvgIpc) is 2.64. The molecule has 4 nitrogen and oxygen atoms in total. The van der Waals surface area contributed by atoms with Crippen molar-refractivity contribution in [1.29, 1.82) is 0 Å². The van der Waals surface area contributed by atoms with Crippen LogP contribution in [0, 0.1) is 0 Å². The molecule has 1 saturated heterocycles. The lowest BCUT2D eigenvalue weighted by Gasteiger charge is -2.39. The van der Waals surface area contributed by atoms with E-state index in [-0.39, 0.29) is 24.4 Å². The van der Waals surface area contributed by atoms with E-state index >= 15 is 0 Å². The molecule has 0 bridgehead atoms. The van der Waals surface area contributed by atoms with Gasteiger partial charge in [0.15, 0.2) is 0 Å². The van der Waals surface area contributed by atoms with Crippen molar-refractivity contribution in [2.24, 2.45) is 5.73 Å². The zero-order chi connectivity index (χ0) is 16.8. The molecule has 134 valence electrons. The summed E-state index contributed by atoms with van der Waals surface area (Å²) in [5.41, 5.74) is 8.10. The van der Waals surface area contributed by atoms with Crippen molar-refractivity contribution in [3.63, 3.8) is 0 Å². The molecule has 1 aliphatic rings. The predicted octanol–water partition coefficient (Wildman–Crippen LogP) is 2.69. The van der Waals surface area contributed by atoms with E-state index < -0.39 is 0 Å². The second-order valence-electron chi connectivity index (χ2n) is 6.18. The first-order valence-corrected chi connectivity index (χ1v) is 8.61. The van der Waals surface area contributed by atoms with Crippen LogP contribution in [0.4, 0.5) is 0 Å². The zero-order valence-electron chi connectivity index (χ0n) is 14.4. The number of halogens is 1. The molecule has 0 unspecified atom stereocenters. The number of carbonyl (C=O) groups excluding carboxylic acids is 1. The van der Waals surface area contributed by atoms with E-state index in [0.29, 0.717) is 13.0 Å². The van der Waals surface area contributed by atoms with E-state index in [2.05, 4.69) is 65.6 Å². The van der Waals surface area contributed by atoms with Gasteiger partial charge >= 0.3 is 0 Å². The topological polar surface area (TPSA) is 49.6 Å². The van der Waals surface area contributed by atoms with Gasteiger partial charge in [-0.3, -0.25) is 9.69 Å². The minimum Gasteiger partial charge on any atom is -0.340 e. The molecule has 1 fully saturated rings. The van der Waals surface area contributed by atoms with Crippen LogP contribution in [0.25, 0.3) is 0 Å². The maximum absolute atomic E-state index is 12.0. The lowest BCUT2D eigenvalue weighted by molar-refractivity contribution is -0.132. The van der Waals surface area contributed by atoms with Crippen molar-refractivity contribution in [2.75, 3.05) is 32.7 Å². The van der Waals surface area contributed by atoms with Gasteiger partial charge in [-0.15, -0.1) is 12.4 Å². The van der Waals surface area contributed by atoms with Gasteiger partial charge in [0.25, 0.3) is 0 Å². The van der Waals surface area contributed by atoms with Crippen molar-refractivity contribution in [3.05, 3.63) is 71.8 Å². The molecule has 0 atom stereocenters. The lowest BCUT2D eigenvalue weighted by Crippen LogP contribution is -2.50. The number of nitrogens with zero attached hydrogens (tertiary/aromatic N) is 2.